The summed E-state index contributed by atoms with van der Waals surface area (Å²) in [5.74, 6) is -10.2. The minimum absolute atomic E-state index is 0.0107. The number of halogens is 6. The van der Waals surface area contributed by atoms with Crippen molar-refractivity contribution in [1.82, 2.24) is 9.78 Å². The summed E-state index contributed by atoms with van der Waals surface area (Å²) in [6, 6.07) is 6.94. The van der Waals surface area contributed by atoms with Crippen LogP contribution < -0.4 is 10.6 Å². The standard InChI is InChI=1S/C17H10ClF5N4O/c18-8-2-1-3-9(6-8)24-17(28)25-11-4-5-27(26-11)7-10-12(19)14(21)16(23)15(22)13(10)20/h1-6H,7H2,(H2,24,25,26,28). The Morgan fingerprint density at radius 3 is 2.25 bits per heavy atom. The molecule has 28 heavy (non-hydrogen) atoms. The van der Waals surface area contributed by atoms with Crippen molar-refractivity contribution in [2.75, 3.05) is 10.6 Å². The zero-order valence-corrected chi connectivity index (χ0v) is 14.5. The first-order valence-corrected chi connectivity index (χ1v) is 8.01. The summed E-state index contributed by atoms with van der Waals surface area (Å²) in [4.78, 5) is 11.9. The molecule has 0 aliphatic carbocycles. The Hall–Kier alpha value is -3.14. The first-order chi connectivity index (χ1) is 13.3. The van der Waals surface area contributed by atoms with Crippen LogP contribution in [-0.2, 0) is 6.54 Å². The third kappa shape index (κ3) is 4.06. The number of hydrogen-bond acceptors (Lipinski definition) is 2. The van der Waals surface area contributed by atoms with Crippen LogP contribution in [0.2, 0.25) is 5.02 Å². The molecule has 1 heterocycles. The first kappa shape index (κ1) is 19.6. The molecule has 1 aromatic heterocycles. The van der Waals surface area contributed by atoms with Crippen LogP contribution in [0.5, 0.6) is 0 Å². The molecule has 0 spiro atoms. The molecule has 0 atom stereocenters. The fourth-order valence-corrected chi connectivity index (χ4v) is 2.50. The molecule has 146 valence electrons. The minimum atomic E-state index is -2.24. The van der Waals surface area contributed by atoms with E-state index >= 15 is 0 Å². The second kappa shape index (κ2) is 7.85. The molecule has 11 heteroatoms. The molecular formula is C17H10ClF5N4O. The Balaban J connectivity index is 1.72. The molecule has 2 aromatic carbocycles. The van der Waals surface area contributed by atoms with Gasteiger partial charge < -0.3 is 5.32 Å². The van der Waals surface area contributed by atoms with Gasteiger partial charge in [0.1, 0.15) is 0 Å². The quantitative estimate of drug-likeness (QED) is 0.360. The fourth-order valence-electron chi connectivity index (χ4n) is 2.31. The third-order valence-corrected chi connectivity index (χ3v) is 3.82. The Bertz CT molecular complexity index is 1030. The third-order valence-electron chi connectivity index (χ3n) is 3.59. The van der Waals surface area contributed by atoms with Crippen LogP contribution >= 0.6 is 11.6 Å². The van der Waals surface area contributed by atoms with Crippen molar-refractivity contribution < 1.29 is 26.7 Å². The van der Waals surface area contributed by atoms with Gasteiger partial charge in [0.25, 0.3) is 0 Å². The topological polar surface area (TPSA) is 59.0 Å². The van der Waals surface area contributed by atoms with E-state index in [4.69, 9.17) is 11.6 Å². The largest absolute Gasteiger partial charge is 0.324 e. The van der Waals surface area contributed by atoms with E-state index in [2.05, 4.69) is 15.7 Å². The van der Waals surface area contributed by atoms with E-state index in [1.807, 2.05) is 0 Å². The number of nitrogens with one attached hydrogen (secondary N) is 2. The highest BCUT2D eigenvalue weighted by atomic mass is 35.5. The molecule has 2 N–H and O–H groups in total. The van der Waals surface area contributed by atoms with Gasteiger partial charge in [0.2, 0.25) is 5.82 Å². The van der Waals surface area contributed by atoms with Crippen molar-refractivity contribution in [2.45, 2.75) is 6.54 Å². The number of carbonyl (C=O) groups is 1. The molecule has 3 aromatic rings. The Morgan fingerprint density at radius 2 is 1.61 bits per heavy atom. The highest BCUT2D eigenvalue weighted by molar-refractivity contribution is 6.30. The second-order valence-electron chi connectivity index (χ2n) is 5.54. The highest BCUT2D eigenvalue weighted by Crippen LogP contribution is 2.24. The van der Waals surface area contributed by atoms with Crippen LogP contribution in [0.1, 0.15) is 5.56 Å². The van der Waals surface area contributed by atoms with Gasteiger partial charge in [-0.3, -0.25) is 10.00 Å². The number of nitrogens with zero attached hydrogens (tertiary/aromatic N) is 2. The zero-order chi connectivity index (χ0) is 20.4. The average molecular weight is 417 g/mol. The maximum absolute atomic E-state index is 13.7. The number of anilines is 2. The number of urea groups is 1. The summed E-state index contributed by atoms with van der Waals surface area (Å²) < 4.78 is 67.9. The van der Waals surface area contributed by atoms with Crippen molar-refractivity contribution in [3.05, 3.63) is 76.2 Å². The van der Waals surface area contributed by atoms with Crippen LogP contribution in [0.4, 0.5) is 38.3 Å². The van der Waals surface area contributed by atoms with Gasteiger partial charge in [0, 0.05) is 23.0 Å². The molecule has 0 unspecified atom stereocenters. The number of hydrogen-bond donors (Lipinski definition) is 2. The lowest BCUT2D eigenvalue weighted by molar-refractivity contribution is 0.262. The fraction of sp³-hybridized carbons (Fsp3) is 0.0588. The summed E-state index contributed by atoms with van der Waals surface area (Å²) in [6.07, 6.45) is 1.20. The van der Waals surface area contributed by atoms with E-state index < -0.39 is 47.2 Å². The summed E-state index contributed by atoms with van der Waals surface area (Å²) in [5.41, 5.74) is -0.639. The summed E-state index contributed by atoms with van der Waals surface area (Å²) in [7, 11) is 0. The molecule has 3 rings (SSSR count). The average Bonchev–Trinajstić information content (AvgIpc) is 3.09. The van der Waals surface area contributed by atoms with Gasteiger partial charge in [-0.05, 0) is 18.2 Å². The van der Waals surface area contributed by atoms with Gasteiger partial charge in [-0.25, -0.2) is 26.7 Å². The SMILES string of the molecule is O=C(Nc1cccc(Cl)c1)Nc1ccn(Cc2c(F)c(F)c(F)c(F)c2F)n1. The molecule has 0 fully saturated rings. The smallest absolute Gasteiger partial charge is 0.308 e. The first-order valence-electron chi connectivity index (χ1n) is 7.63. The normalized spacial score (nSPS) is 10.8. The Labute approximate surface area is 159 Å². The van der Waals surface area contributed by atoms with E-state index in [-0.39, 0.29) is 5.82 Å². The molecule has 0 saturated carbocycles. The van der Waals surface area contributed by atoms with Crippen LogP contribution in [0, 0.1) is 29.1 Å². The van der Waals surface area contributed by atoms with E-state index in [0.717, 1.165) is 4.68 Å². The highest BCUT2D eigenvalue weighted by Gasteiger charge is 2.25. The monoisotopic (exact) mass is 416 g/mol. The molecule has 0 bridgehead atoms. The maximum atomic E-state index is 13.7. The van der Waals surface area contributed by atoms with E-state index in [9.17, 15) is 26.7 Å². The molecule has 2 amide bonds. The van der Waals surface area contributed by atoms with E-state index in [1.165, 1.54) is 18.3 Å². The lowest BCUT2D eigenvalue weighted by Crippen LogP contribution is -2.20. The lowest BCUT2D eigenvalue weighted by Gasteiger charge is -2.08. The predicted octanol–water partition coefficient (Wildman–Crippen LogP) is 4.92. The number of carbonyl (C=O) groups excluding carboxylic acids is 1. The number of rotatable bonds is 4. The van der Waals surface area contributed by atoms with Crippen molar-refractivity contribution in [3.8, 4) is 0 Å². The predicted molar refractivity (Wildman–Crippen MR) is 91.7 cm³/mol. The minimum Gasteiger partial charge on any atom is -0.308 e. The second-order valence-corrected chi connectivity index (χ2v) is 5.97. The van der Waals surface area contributed by atoms with Gasteiger partial charge in [-0.15, -0.1) is 0 Å². The number of benzene rings is 2. The van der Waals surface area contributed by atoms with Crippen LogP contribution in [-0.4, -0.2) is 15.8 Å². The van der Waals surface area contributed by atoms with Gasteiger partial charge in [0.05, 0.1) is 12.1 Å². The number of amides is 2. The number of aromatic nitrogens is 2. The summed E-state index contributed by atoms with van der Waals surface area (Å²) in [6.45, 7) is -0.733. The van der Waals surface area contributed by atoms with Crippen LogP contribution in [0.3, 0.4) is 0 Å². The van der Waals surface area contributed by atoms with E-state index in [1.54, 1.807) is 18.2 Å². The van der Waals surface area contributed by atoms with Gasteiger partial charge in [-0.1, -0.05) is 17.7 Å². The molecule has 5 nitrogen and oxygen atoms in total. The Morgan fingerprint density at radius 1 is 0.964 bits per heavy atom. The van der Waals surface area contributed by atoms with Crippen molar-refractivity contribution in [2.24, 2.45) is 0 Å². The van der Waals surface area contributed by atoms with Gasteiger partial charge >= 0.3 is 6.03 Å². The zero-order valence-electron chi connectivity index (χ0n) is 13.7. The van der Waals surface area contributed by atoms with Crippen molar-refractivity contribution >= 4 is 29.1 Å². The Kier molecular flexibility index (Phi) is 5.50. The molecular weight excluding hydrogens is 407 g/mol. The lowest BCUT2D eigenvalue weighted by atomic mass is 10.1. The van der Waals surface area contributed by atoms with Gasteiger partial charge in [-0.2, -0.15) is 5.10 Å². The summed E-state index contributed by atoms with van der Waals surface area (Å²) >= 11 is 5.80. The van der Waals surface area contributed by atoms with Crippen molar-refractivity contribution in [1.29, 1.82) is 0 Å². The molecule has 0 aliphatic heterocycles. The van der Waals surface area contributed by atoms with E-state index in [0.29, 0.717) is 10.7 Å². The molecule has 0 radical (unpaired) electrons. The molecule has 0 saturated heterocycles. The maximum Gasteiger partial charge on any atom is 0.324 e. The van der Waals surface area contributed by atoms with Crippen molar-refractivity contribution in [3.63, 3.8) is 0 Å². The van der Waals surface area contributed by atoms with Crippen LogP contribution in [0.15, 0.2) is 36.5 Å². The van der Waals surface area contributed by atoms with Crippen LogP contribution in [0.25, 0.3) is 0 Å². The van der Waals surface area contributed by atoms with Gasteiger partial charge in [0.15, 0.2) is 29.1 Å². The molecule has 0 aliphatic rings. The summed E-state index contributed by atoms with van der Waals surface area (Å²) in [5, 5.41) is 9.06.